The maximum absolute atomic E-state index is 13.5. The molecule has 0 radical (unpaired) electrons. The number of aliphatic hydroxyl groups is 2. The fourth-order valence-corrected chi connectivity index (χ4v) is 8.66. The predicted molar refractivity (Wildman–Crippen MR) is 126 cm³/mol. The Hall–Kier alpha value is -2.89. The minimum atomic E-state index is -1.02. The molecule has 4 aliphatic carbocycles. The van der Waals surface area contributed by atoms with Crippen LogP contribution < -0.4 is 0 Å². The van der Waals surface area contributed by atoms with Crippen LogP contribution in [0.1, 0.15) is 75.2 Å². The molecular formula is C28H32O6. The molecule has 3 saturated carbocycles. The number of carboxylic acids is 1. The Morgan fingerprint density at radius 2 is 1.68 bits per heavy atom. The standard InChI is InChI=1S/C28H32O6/c1-15(29)28(21-7-5-4-6-18(21)25(33)34)13-11-19-17-9-8-16-14-22(30)23(31)24(32)27(16,3)20(17)10-12-26(19,28)2/h4-7,14,17,19-20,31-32H,8-13H2,1-3H3,(H,33,34)/t17-,19-,20-,26-,27-,28+/m0/s1. The van der Waals surface area contributed by atoms with Crippen molar-refractivity contribution in [1.29, 1.82) is 0 Å². The van der Waals surface area contributed by atoms with E-state index in [-0.39, 0.29) is 34.9 Å². The molecule has 3 N–H and O–H groups in total. The summed E-state index contributed by atoms with van der Waals surface area (Å²) < 4.78 is 0. The molecule has 6 heteroatoms. The number of fused-ring (bicyclic) bond motifs is 5. The van der Waals surface area contributed by atoms with Gasteiger partial charge in [0.15, 0.2) is 0 Å². The number of allylic oxidation sites excluding steroid dienone is 2. The molecule has 5 rings (SSSR count). The Bertz CT molecular complexity index is 1180. The Labute approximate surface area is 199 Å². The van der Waals surface area contributed by atoms with E-state index >= 15 is 0 Å². The molecule has 0 unspecified atom stereocenters. The third-order valence-electron chi connectivity index (χ3n) is 10.3. The Morgan fingerprint density at radius 1 is 1.00 bits per heavy atom. The van der Waals surface area contributed by atoms with Crippen molar-refractivity contribution < 1.29 is 29.7 Å². The van der Waals surface area contributed by atoms with Crippen LogP contribution in [0.4, 0.5) is 0 Å². The number of aromatic carboxylic acids is 1. The van der Waals surface area contributed by atoms with Crippen LogP contribution in [0.25, 0.3) is 0 Å². The lowest BCUT2D eigenvalue weighted by Crippen LogP contribution is -2.56. The molecule has 1 aromatic carbocycles. The van der Waals surface area contributed by atoms with E-state index in [1.807, 2.05) is 19.1 Å². The van der Waals surface area contributed by atoms with Gasteiger partial charge in [0.05, 0.1) is 16.4 Å². The van der Waals surface area contributed by atoms with Gasteiger partial charge in [-0.1, -0.05) is 30.7 Å². The van der Waals surface area contributed by atoms with Crippen molar-refractivity contribution in [2.45, 2.75) is 64.7 Å². The van der Waals surface area contributed by atoms with Crippen molar-refractivity contribution in [2.75, 3.05) is 0 Å². The smallest absolute Gasteiger partial charge is 0.335 e. The zero-order valence-corrected chi connectivity index (χ0v) is 19.9. The second-order valence-corrected chi connectivity index (χ2v) is 11.2. The first-order valence-electron chi connectivity index (χ1n) is 12.2. The number of carbonyl (C=O) groups is 3. The van der Waals surface area contributed by atoms with Gasteiger partial charge in [0.25, 0.3) is 0 Å². The van der Waals surface area contributed by atoms with Crippen molar-refractivity contribution in [3.63, 3.8) is 0 Å². The molecule has 0 aliphatic heterocycles. The number of ketones is 2. The van der Waals surface area contributed by atoms with E-state index in [1.165, 1.54) is 6.08 Å². The minimum Gasteiger partial charge on any atom is -0.507 e. The van der Waals surface area contributed by atoms with Gasteiger partial charge in [-0.2, -0.15) is 0 Å². The first-order valence-corrected chi connectivity index (χ1v) is 12.2. The van der Waals surface area contributed by atoms with E-state index in [9.17, 15) is 29.7 Å². The molecule has 4 aliphatic rings. The van der Waals surface area contributed by atoms with Crippen LogP contribution in [0.3, 0.4) is 0 Å². The fourth-order valence-electron chi connectivity index (χ4n) is 8.66. The summed E-state index contributed by atoms with van der Waals surface area (Å²) in [6.07, 6.45) is 5.83. The second-order valence-electron chi connectivity index (χ2n) is 11.2. The molecule has 0 amide bonds. The highest BCUT2D eigenvalue weighted by Crippen LogP contribution is 2.70. The number of Topliss-reactive ketones (excluding diaryl/α,β-unsaturated/α-hetero) is 1. The van der Waals surface area contributed by atoms with Crippen LogP contribution in [0.5, 0.6) is 0 Å². The lowest BCUT2D eigenvalue weighted by atomic mass is 9.44. The van der Waals surface area contributed by atoms with Gasteiger partial charge in [0.2, 0.25) is 11.5 Å². The minimum absolute atomic E-state index is 0.0101. The topological polar surface area (TPSA) is 112 Å². The summed E-state index contributed by atoms with van der Waals surface area (Å²) >= 11 is 0. The van der Waals surface area contributed by atoms with Crippen molar-refractivity contribution >= 4 is 17.5 Å². The van der Waals surface area contributed by atoms with Crippen molar-refractivity contribution in [1.82, 2.24) is 0 Å². The third-order valence-corrected chi connectivity index (χ3v) is 10.3. The van der Waals surface area contributed by atoms with Gasteiger partial charge >= 0.3 is 5.97 Å². The number of hydrogen-bond acceptors (Lipinski definition) is 5. The predicted octanol–water partition coefficient (Wildman–Crippen LogP) is 5.29. The van der Waals surface area contributed by atoms with Crippen LogP contribution in [0.15, 0.2) is 47.4 Å². The first kappa shape index (κ1) is 22.9. The first-order chi connectivity index (χ1) is 16.0. The number of carboxylic acid groups (broad SMARTS) is 1. The van der Waals surface area contributed by atoms with Gasteiger partial charge in [0, 0.05) is 0 Å². The Kier molecular flexibility index (Phi) is 4.91. The van der Waals surface area contributed by atoms with Crippen molar-refractivity contribution in [2.24, 2.45) is 28.6 Å². The third kappa shape index (κ3) is 2.60. The highest BCUT2D eigenvalue weighted by Gasteiger charge is 2.67. The fraction of sp³-hybridized carbons (Fsp3) is 0.536. The number of carbonyl (C=O) groups excluding carboxylic acids is 2. The number of hydrogen-bond donors (Lipinski definition) is 3. The average Bonchev–Trinajstić information content (AvgIpc) is 3.12. The zero-order chi connectivity index (χ0) is 24.6. The normalized spacial score (nSPS) is 39.1. The zero-order valence-electron chi connectivity index (χ0n) is 19.9. The summed E-state index contributed by atoms with van der Waals surface area (Å²) in [7, 11) is 0. The van der Waals surface area contributed by atoms with E-state index in [0.717, 1.165) is 24.8 Å². The van der Waals surface area contributed by atoms with E-state index in [2.05, 4.69) is 6.92 Å². The highest BCUT2D eigenvalue weighted by atomic mass is 16.4. The summed E-state index contributed by atoms with van der Waals surface area (Å²) in [6, 6.07) is 6.92. The van der Waals surface area contributed by atoms with E-state index in [1.54, 1.807) is 19.1 Å². The van der Waals surface area contributed by atoms with Crippen LogP contribution in [0, 0.1) is 28.6 Å². The van der Waals surface area contributed by atoms with Crippen molar-refractivity contribution in [3.8, 4) is 0 Å². The van der Waals surface area contributed by atoms with E-state index in [0.29, 0.717) is 24.8 Å². The monoisotopic (exact) mass is 464 g/mol. The van der Waals surface area contributed by atoms with Crippen LogP contribution in [-0.2, 0) is 15.0 Å². The van der Waals surface area contributed by atoms with Crippen LogP contribution in [-0.4, -0.2) is 32.9 Å². The molecule has 180 valence electrons. The Balaban J connectivity index is 1.62. The van der Waals surface area contributed by atoms with Gasteiger partial charge in [-0.15, -0.1) is 0 Å². The molecule has 0 spiro atoms. The molecule has 0 aromatic heterocycles. The summed E-state index contributed by atoms with van der Waals surface area (Å²) in [5.74, 6) is -1.92. The second kappa shape index (κ2) is 7.30. The summed E-state index contributed by atoms with van der Waals surface area (Å²) in [4.78, 5) is 37.8. The molecule has 34 heavy (non-hydrogen) atoms. The van der Waals surface area contributed by atoms with E-state index in [4.69, 9.17) is 0 Å². The maximum Gasteiger partial charge on any atom is 0.335 e. The summed E-state index contributed by atoms with van der Waals surface area (Å²) in [6.45, 7) is 5.69. The van der Waals surface area contributed by atoms with Gasteiger partial charge in [-0.05, 0) is 93.2 Å². The molecule has 0 heterocycles. The number of rotatable bonds is 3. The Morgan fingerprint density at radius 3 is 2.35 bits per heavy atom. The summed E-state index contributed by atoms with van der Waals surface area (Å²) in [5.41, 5.74) is -0.400. The molecule has 0 bridgehead atoms. The SMILES string of the molecule is CC(=O)[C@@]1(c2ccccc2C(=O)O)CC[C@H]2[C@@H]3CCC4=CC(=O)C(O)=C(O)[C@]4(C)[C@H]3CC[C@@]21C. The average molecular weight is 465 g/mol. The summed E-state index contributed by atoms with van der Waals surface area (Å²) in [5, 5.41) is 31.2. The highest BCUT2D eigenvalue weighted by molar-refractivity contribution is 6.04. The van der Waals surface area contributed by atoms with Crippen LogP contribution in [0.2, 0.25) is 0 Å². The molecule has 1 aromatic rings. The van der Waals surface area contributed by atoms with Gasteiger partial charge in [-0.3, -0.25) is 9.59 Å². The molecule has 0 saturated heterocycles. The number of benzene rings is 1. The molecular weight excluding hydrogens is 432 g/mol. The lowest BCUT2D eigenvalue weighted by molar-refractivity contribution is -0.131. The maximum atomic E-state index is 13.5. The number of aliphatic hydroxyl groups excluding tert-OH is 2. The molecule has 6 atom stereocenters. The van der Waals surface area contributed by atoms with Gasteiger partial charge in [0.1, 0.15) is 11.5 Å². The molecule has 6 nitrogen and oxygen atoms in total. The van der Waals surface area contributed by atoms with Gasteiger partial charge < -0.3 is 15.3 Å². The van der Waals surface area contributed by atoms with Gasteiger partial charge in [-0.25, -0.2) is 4.79 Å². The van der Waals surface area contributed by atoms with E-state index < -0.39 is 33.8 Å². The molecule has 3 fully saturated rings. The van der Waals surface area contributed by atoms with Crippen LogP contribution >= 0.6 is 0 Å². The quantitative estimate of drug-likeness (QED) is 0.560. The lowest BCUT2D eigenvalue weighted by Gasteiger charge is -2.59. The van der Waals surface area contributed by atoms with Crippen molar-refractivity contribution in [3.05, 3.63) is 58.6 Å². The largest absolute Gasteiger partial charge is 0.507 e.